The first-order valence-corrected chi connectivity index (χ1v) is 9.21. The molecule has 8 heteroatoms. The normalized spacial score (nSPS) is 14.5. The van der Waals surface area contributed by atoms with Crippen molar-refractivity contribution in [3.8, 4) is 11.5 Å². The smallest absolute Gasteiger partial charge is 0.326 e. The predicted molar refractivity (Wildman–Crippen MR) is 99.2 cm³/mol. The molecule has 0 fully saturated rings. The van der Waals surface area contributed by atoms with E-state index < -0.39 is 17.9 Å². The van der Waals surface area contributed by atoms with E-state index in [9.17, 15) is 14.7 Å². The highest BCUT2D eigenvalue weighted by molar-refractivity contribution is 7.16. The number of carbonyl (C=O) groups is 2. The third kappa shape index (κ3) is 3.08. The van der Waals surface area contributed by atoms with Crippen LogP contribution in [0.15, 0.2) is 47.5 Å². The van der Waals surface area contributed by atoms with E-state index in [-0.39, 0.29) is 6.79 Å². The highest BCUT2D eigenvalue weighted by Crippen LogP contribution is 2.32. The van der Waals surface area contributed by atoms with Gasteiger partial charge in [-0.25, -0.2) is 4.79 Å². The van der Waals surface area contributed by atoms with E-state index in [1.807, 2.05) is 24.3 Å². The standard InChI is InChI=1S/C19H16N2O5S/c1-2-12(18(23)24)21-13-5-3-4-6-16(13)27-19(21)20-17(22)11-7-8-14-15(9-11)26-10-25-14/h3-9,12H,2,10H2,1H3,(H,23,24)/b20-19+. The van der Waals surface area contributed by atoms with Crippen molar-refractivity contribution in [2.45, 2.75) is 19.4 Å². The van der Waals surface area contributed by atoms with Gasteiger partial charge in [0.25, 0.3) is 5.91 Å². The van der Waals surface area contributed by atoms with E-state index in [1.54, 1.807) is 29.7 Å². The zero-order valence-electron chi connectivity index (χ0n) is 14.4. The maximum atomic E-state index is 12.7. The molecule has 2 aromatic carbocycles. The number of aromatic nitrogens is 1. The SMILES string of the molecule is CCC(C(=O)O)n1/c(=N\C(=O)c2ccc3c(c2)OCO3)sc2ccccc21. The van der Waals surface area contributed by atoms with Gasteiger partial charge < -0.3 is 19.1 Å². The van der Waals surface area contributed by atoms with Gasteiger partial charge in [-0.15, -0.1) is 0 Å². The number of aliphatic carboxylic acids is 1. The molecule has 1 unspecified atom stereocenters. The Labute approximate surface area is 158 Å². The molecule has 4 rings (SSSR count). The van der Waals surface area contributed by atoms with E-state index >= 15 is 0 Å². The molecule has 3 aromatic rings. The van der Waals surface area contributed by atoms with Crippen LogP contribution in [0.2, 0.25) is 0 Å². The molecule has 138 valence electrons. The molecular weight excluding hydrogens is 368 g/mol. The molecule has 1 aromatic heterocycles. The minimum atomic E-state index is -0.960. The minimum absolute atomic E-state index is 0.122. The van der Waals surface area contributed by atoms with Crippen LogP contribution in [0.3, 0.4) is 0 Å². The van der Waals surface area contributed by atoms with Crippen molar-refractivity contribution < 1.29 is 24.2 Å². The van der Waals surface area contributed by atoms with Crippen molar-refractivity contribution in [3.63, 3.8) is 0 Å². The molecule has 27 heavy (non-hydrogen) atoms. The van der Waals surface area contributed by atoms with E-state index in [2.05, 4.69) is 4.99 Å². The zero-order chi connectivity index (χ0) is 19.0. The number of rotatable bonds is 4. The Bertz CT molecular complexity index is 1110. The second-order valence-electron chi connectivity index (χ2n) is 5.97. The van der Waals surface area contributed by atoms with E-state index in [0.717, 1.165) is 10.2 Å². The number of carboxylic acid groups (broad SMARTS) is 1. The number of nitrogens with zero attached hydrogens (tertiary/aromatic N) is 2. The highest BCUT2D eigenvalue weighted by Gasteiger charge is 2.22. The van der Waals surface area contributed by atoms with Crippen LogP contribution in [0, 0.1) is 0 Å². The summed E-state index contributed by atoms with van der Waals surface area (Å²) in [6.45, 7) is 1.92. The Morgan fingerprint density at radius 3 is 2.78 bits per heavy atom. The average molecular weight is 384 g/mol. The Kier molecular flexibility index (Phi) is 4.41. The average Bonchev–Trinajstić information content (AvgIpc) is 3.26. The number of para-hydroxylation sites is 1. The predicted octanol–water partition coefficient (Wildman–Crippen LogP) is 3.21. The van der Waals surface area contributed by atoms with E-state index in [0.29, 0.717) is 28.3 Å². The maximum Gasteiger partial charge on any atom is 0.326 e. The number of fused-ring (bicyclic) bond motifs is 2. The lowest BCUT2D eigenvalue weighted by Crippen LogP contribution is -2.27. The lowest BCUT2D eigenvalue weighted by Gasteiger charge is -2.13. The summed E-state index contributed by atoms with van der Waals surface area (Å²) in [5.74, 6) is -0.343. The number of benzene rings is 2. The van der Waals surface area contributed by atoms with E-state index in [4.69, 9.17) is 9.47 Å². The molecule has 0 saturated heterocycles. The van der Waals surface area contributed by atoms with Crippen LogP contribution in [0.1, 0.15) is 29.7 Å². The Morgan fingerprint density at radius 2 is 2.00 bits per heavy atom. The topological polar surface area (TPSA) is 90.1 Å². The van der Waals surface area contributed by atoms with Gasteiger partial charge in [0, 0.05) is 5.56 Å². The lowest BCUT2D eigenvalue weighted by molar-refractivity contribution is -0.140. The summed E-state index contributed by atoms with van der Waals surface area (Å²) < 4.78 is 13.0. The largest absolute Gasteiger partial charge is 0.480 e. The van der Waals surface area contributed by atoms with Gasteiger partial charge in [-0.3, -0.25) is 4.79 Å². The van der Waals surface area contributed by atoms with Gasteiger partial charge in [-0.2, -0.15) is 4.99 Å². The molecule has 1 aliphatic rings. The first-order valence-electron chi connectivity index (χ1n) is 8.40. The van der Waals surface area contributed by atoms with Gasteiger partial charge in [0.15, 0.2) is 16.3 Å². The molecule has 0 radical (unpaired) electrons. The number of amides is 1. The fraction of sp³-hybridized carbons (Fsp3) is 0.211. The van der Waals surface area contributed by atoms with Crippen molar-refractivity contribution in [1.82, 2.24) is 4.57 Å². The summed E-state index contributed by atoms with van der Waals surface area (Å²) in [5, 5.41) is 9.61. The van der Waals surface area contributed by atoms with Crippen molar-refractivity contribution in [1.29, 1.82) is 0 Å². The summed E-state index contributed by atoms with van der Waals surface area (Å²) in [6.07, 6.45) is 0.376. The molecule has 0 saturated carbocycles. The molecule has 2 heterocycles. The Balaban J connectivity index is 1.85. The van der Waals surface area contributed by atoms with Gasteiger partial charge in [0.05, 0.1) is 10.2 Å². The van der Waals surface area contributed by atoms with E-state index in [1.165, 1.54) is 11.3 Å². The summed E-state index contributed by atoms with van der Waals surface area (Å²) in [6, 6.07) is 11.5. The lowest BCUT2D eigenvalue weighted by atomic mass is 10.2. The Morgan fingerprint density at radius 1 is 1.22 bits per heavy atom. The third-order valence-corrected chi connectivity index (χ3v) is 5.37. The number of hydrogen-bond donors (Lipinski definition) is 1. The van der Waals surface area contributed by atoms with Crippen LogP contribution in [-0.4, -0.2) is 28.3 Å². The zero-order valence-corrected chi connectivity index (χ0v) is 15.2. The van der Waals surface area contributed by atoms with Crippen LogP contribution in [0.5, 0.6) is 11.5 Å². The summed E-state index contributed by atoms with van der Waals surface area (Å²) in [5.41, 5.74) is 1.10. The van der Waals surface area contributed by atoms with Crippen LogP contribution in [0.25, 0.3) is 10.2 Å². The third-order valence-electron chi connectivity index (χ3n) is 4.33. The number of hydrogen-bond acceptors (Lipinski definition) is 5. The van der Waals surface area contributed by atoms with Crippen molar-refractivity contribution in [3.05, 3.63) is 52.8 Å². The van der Waals surface area contributed by atoms with Gasteiger partial charge in [-0.1, -0.05) is 30.4 Å². The quantitative estimate of drug-likeness (QED) is 0.746. The summed E-state index contributed by atoms with van der Waals surface area (Å²) >= 11 is 1.29. The first kappa shape index (κ1) is 17.3. The Hall–Kier alpha value is -3.13. The molecule has 1 amide bonds. The van der Waals surface area contributed by atoms with Crippen molar-refractivity contribution in [2.75, 3.05) is 6.79 Å². The molecule has 7 nitrogen and oxygen atoms in total. The number of ether oxygens (including phenoxy) is 2. The number of carbonyl (C=O) groups excluding carboxylic acids is 1. The molecule has 1 atom stereocenters. The van der Waals surface area contributed by atoms with Gasteiger partial charge in [0.1, 0.15) is 6.04 Å². The fourth-order valence-electron chi connectivity index (χ4n) is 3.02. The molecule has 0 bridgehead atoms. The monoisotopic (exact) mass is 384 g/mol. The van der Waals surface area contributed by atoms with Crippen molar-refractivity contribution >= 4 is 33.4 Å². The van der Waals surface area contributed by atoms with Crippen LogP contribution in [-0.2, 0) is 4.79 Å². The van der Waals surface area contributed by atoms with Crippen LogP contribution < -0.4 is 14.3 Å². The van der Waals surface area contributed by atoms with Gasteiger partial charge in [-0.05, 0) is 36.8 Å². The first-order chi connectivity index (χ1) is 13.1. The number of carboxylic acids is 1. The van der Waals surface area contributed by atoms with Gasteiger partial charge >= 0.3 is 5.97 Å². The molecule has 0 aliphatic carbocycles. The molecular formula is C19H16N2O5S. The molecule has 1 N–H and O–H groups in total. The number of thiazole rings is 1. The van der Waals surface area contributed by atoms with Crippen molar-refractivity contribution in [2.24, 2.45) is 4.99 Å². The summed E-state index contributed by atoms with van der Waals surface area (Å²) in [7, 11) is 0. The van der Waals surface area contributed by atoms with Gasteiger partial charge in [0.2, 0.25) is 6.79 Å². The molecule has 1 aliphatic heterocycles. The second-order valence-corrected chi connectivity index (χ2v) is 6.98. The molecule has 0 spiro atoms. The summed E-state index contributed by atoms with van der Waals surface area (Å²) in [4.78, 5) is 29.0. The highest BCUT2D eigenvalue weighted by atomic mass is 32.1. The van der Waals surface area contributed by atoms with Crippen LogP contribution >= 0.6 is 11.3 Å². The minimum Gasteiger partial charge on any atom is -0.480 e. The van der Waals surface area contributed by atoms with Crippen LogP contribution in [0.4, 0.5) is 0 Å². The second kappa shape index (κ2) is 6.88. The maximum absolute atomic E-state index is 12.7. The fourth-order valence-corrected chi connectivity index (χ4v) is 4.09.